The highest BCUT2D eigenvalue weighted by molar-refractivity contribution is 5.96. The molecule has 5 heteroatoms. The quantitative estimate of drug-likeness (QED) is 0.780. The smallest absolute Gasteiger partial charge is 0.415 e. The van der Waals surface area contributed by atoms with Gasteiger partial charge in [-0.2, -0.15) is 0 Å². The number of amides is 1. The zero-order valence-corrected chi connectivity index (χ0v) is 12.2. The van der Waals surface area contributed by atoms with Gasteiger partial charge < -0.3 is 14.3 Å². The Morgan fingerprint density at radius 2 is 2.10 bits per heavy atom. The molecular formula is C15H19NO4. The Kier molecular flexibility index (Phi) is 3.70. The first-order valence-electron chi connectivity index (χ1n) is 6.50. The number of fused-ring (bicyclic) bond motifs is 1. The summed E-state index contributed by atoms with van der Waals surface area (Å²) in [6, 6.07) is 4.92. The number of hydrogen-bond acceptors (Lipinski definition) is 4. The monoisotopic (exact) mass is 277 g/mol. The fraction of sp³-hybridized carbons (Fsp3) is 0.467. The summed E-state index contributed by atoms with van der Waals surface area (Å²) in [5, 5.41) is 0. The molecule has 5 nitrogen and oxygen atoms in total. The van der Waals surface area contributed by atoms with Crippen LogP contribution in [-0.4, -0.2) is 31.1 Å². The van der Waals surface area contributed by atoms with E-state index in [9.17, 15) is 9.59 Å². The van der Waals surface area contributed by atoms with Gasteiger partial charge in [0.15, 0.2) is 0 Å². The predicted octanol–water partition coefficient (Wildman–Crippen LogP) is 2.56. The SMILES string of the molecule is COc1ccc2c(c1)N(C(=O)OC(C)(C)C)C(C=O)C2. The number of hydrogen-bond donors (Lipinski definition) is 0. The zero-order chi connectivity index (χ0) is 14.9. The topological polar surface area (TPSA) is 55.8 Å². The molecule has 0 aromatic heterocycles. The maximum absolute atomic E-state index is 12.3. The van der Waals surface area contributed by atoms with Crippen LogP contribution in [0.5, 0.6) is 5.75 Å². The van der Waals surface area contributed by atoms with Crippen LogP contribution in [0, 0.1) is 0 Å². The lowest BCUT2D eigenvalue weighted by molar-refractivity contribution is -0.108. The first-order valence-corrected chi connectivity index (χ1v) is 6.50. The minimum absolute atomic E-state index is 0.502. The molecule has 1 aliphatic heterocycles. The number of ether oxygens (including phenoxy) is 2. The van der Waals surface area contributed by atoms with Crippen molar-refractivity contribution >= 4 is 18.1 Å². The van der Waals surface area contributed by atoms with Crippen LogP contribution in [0.1, 0.15) is 26.3 Å². The molecular weight excluding hydrogens is 258 g/mol. The van der Waals surface area contributed by atoms with Crippen molar-refractivity contribution in [2.24, 2.45) is 0 Å². The Balaban J connectivity index is 2.36. The van der Waals surface area contributed by atoms with Crippen LogP contribution in [0.4, 0.5) is 10.5 Å². The van der Waals surface area contributed by atoms with E-state index in [-0.39, 0.29) is 0 Å². The van der Waals surface area contributed by atoms with Crippen LogP contribution in [0.2, 0.25) is 0 Å². The zero-order valence-electron chi connectivity index (χ0n) is 12.2. The molecule has 0 saturated heterocycles. The second-order valence-electron chi connectivity index (χ2n) is 5.75. The summed E-state index contributed by atoms with van der Waals surface area (Å²) in [4.78, 5) is 24.9. The van der Waals surface area contributed by atoms with E-state index in [0.717, 1.165) is 11.8 Å². The number of rotatable bonds is 2. The molecule has 1 aromatic rings. The van der Waals surface area contributed by atoms with Gasteiger partial charge in [-0.3, -0.25) is 4.90 Å². The molecule has 0 saturated carbocycles. The van der Waals surface area contributed by atoms with Gasteiger partial charge >= 0.3 is 6.09 Å². The summed E-state index contributed by atoms with van der Waals surface area (Å²) in [5.41, 5.74) is 1.01. The molecule has 1 heterocycles. The van der Waals surface area contributed by atoms with E-state index in [4.69, 9.17) is 9.47 Å². The molecule has 1 amide bonds. The molecule has 0 spiro atoms. The number of anilines is 1. The normalized spacial score (nSPS) is 17.6. The van der Waals surface area contributed by atoms with E-state index in [1.807, 2.05) is 12.1 Å². The van der Waals surface area contributed by atoms with Crippen LogP contribution in [0.15, 0.2) is 18.2 Å². The first-order chi connectivity index (χ1) is 9.35. The maximum Gasteiger partial charge on any atom is 0.415 e. The molecule has 0 bridgehead atoms. The maximum atomic E-state index is 12.3. The largest absolute Gasteiger partial charge is 0.497 e. The summed E-state index contributed by atoms with van der Waals surface area (Å²) in [6.07, 6.45) is 0.764. The number of carbonyl (C=O) groups excluding carboxylic acids is 2. The van der Waals surface area contributed by atoms with Gasteiger partial charge in [-0.1, -0.05) is 6.07 Å². The second-order valence-corrected chi connectivity index (χ2v) is 5.75. The van der Waals surface area contributed by atoms with Crippen molar-refractivity contribution in [3.05, 3.63) is 23.8 Å². The van der Waals surface area contributed by atoms with Crippen molar-refractivity contribution in [1.82, 2.24) is 0 Å². The Bertz CT molecular complexity index is 533. The highest BCUT2D eigenvalue weighted by Crippen LogP contribution is 2.35. The molecule has 1 atom stereocenters. The van der Waals surface area contributed by atoms with E-state index in [1.54, 1.807) is 33.9 Å². The lowest BCUT2D eigenvalue weighted by Crippen LogP contribution is -2.42. The second kappa shape index (κ2) is 5.15. The van der Waals surface area contributed by atoms with Crippen molar-refractivity contribution in [3.8, 4) is 5.75 Å². The van der Waals surface area contributed by atoms with Crippen molar-refractivity contribution < 1.29 is 19.1 Å². The molecule has 1 aromatic carbocycles. The third kappa shape index (κ3) is 2.76. The minimum atomic E-state index is -0.605. The standard InChI is InChI=1S/C15H19NO4/c1-15(2,3)20-14(18)16-11(9-17)7-10-5-6-12(19-4)8-13(10)16/h5-6,8-9,11H,7H2,1-4H3. The molecule has 0 aliphatic carbocycles. The van der Waals surface area contributed by atoms with Gasteiger partial charge in [0.2, 0.25) is 0 Å². The Morgan fingerprint density at radius 3 is 2.65 bits per heavy atom. The van der Waals surface area contributed by atoms with Crippen molar-refractivity contribution in [2.45, 2.75) is 38.8 Å². The van der Waals surface area contributed by atoms with Gasteiger partial charge in [0.25, 0.3) is 0 Å². The molecule has 0 fully saturated rings. The molecule has 2 rings (SSSR count). The van der Waals surface area contributed by atoms with Crippen molar-refractivity contribution in [1.29, 1.82) is 0 Å². The van der Waals surface area contributed by atoms with E-state index < -0.39 is 17.7 Å². The number of carbonyl (C=O) groups is 2. The lowest BCUT2D eigenvalue weighted by Gasteiger charge is -2.27. The number of aldehydes is 1. The minimum Gasteiger partial charge on any atom is -0.497 e. The van der Waals surface area contributed by atoms with Crippen LogP contribution < -0.4 is 9.64 Å². The van der Waals surface area contributed by atoms with Gasteiger partial charge in [-0.15, -0.1) is 0 Å². The predicted molar refractivity (Wildman–Crippen MR) is 75.3 cm³/mol. The van der Waals surface area contributed by atoms with Crippen LogP contribution in [-0.2, 0) is 16.0 Å². The number of methoxy groups -OCH3 is 1. The van der Waals surface area contributed by atoms with Gasteiger partial charge in [0, 0.05) is 12.5 Å². The van der Waals surface area contributed by atoms with E-state index in [1.165, 1.54) is 4.90 Å². The summed E-state index contributed by atoms with van der Waals surface area (Å²) >= 11 is 0. The summed E-state index contributed by atoms with van der Waals surface area (Å²) in [5.74, 6) is 0.642. The van der Waals surface area contributed by atoms with E-state index in [2.05, 4.69) is 0 Å². The summed E-state index contributed by atoms with van der Waals surface area (Å²) < 4.78 is 10.5. The fourth-order valence-electron chi connectivity index (χ4n) is 2.22. The van der Waals surface area contributed by atoms with Gasteiger partial charge in [-0.05, 0) is 32.4 Å². The van der Waals surface area contributed by atoms with Gasteiger partial charge in [0.05, 0.1) is 18.8 Å². The van der Waals surface area contributed by atoms with Crippen LogP contribution in [0.3, 0.4) is 0 Å². The Labute approximate surface area is 118 Å². The molecule has 108 valence electrons. The average Bonchev–Trinajstić information content (AvgIpc) is 2.73. The van der Waals surface area contributed by atoms with Crippen molar-refractivity contribution in [2.75, 3.05) is 12.0 Å². The highest BCUT2D eigenvalue weighted by Gasteiger charge is 2.36. The molecule has 0 N–H and O–H groups in total. The summed E-state index contributed by atoms with van der Waals surface area (Å²) in [7, 11) is 1.56. The Morgan fingerprint density at radius 1 is 1.40 bits per heavy atom. The lowest BCUT2D eigenvalue weighted by atomic mass is 10.1. The first kappa shape index (κ1) is 14.4. The molecule has 20 heavy (non-hydrogen) atoms. The van der Waals surface area contributed by atoms with Crippen LogP contribution in [0.25, 0.3) is 0 Å². The third-order valence-electron chi connectivity index (χ3n) is 3.06. The highest BCUT2D eigenvalue weighted by atomic mass is 16.6. The number of benzene rings is 1. The Hall–Kier alpha value is -2.04. The van der Waals surface area contributed by atoms with Gasteiger partial charge in [0.1, 0.15) is 17.6 Å². The van der Waals surface area contributed by atoms with Crippen molar-refractivity contribution in [3.63, 3.8) is 0 Å². The fourth-order valence-corrected chi connectivity index (χ4v) is 2.22. The van der Waals surface area contributed by atoms with E-state index in [0.29, 0.717) is 17.9 Å². The summed E-state index contributed by atoms with van der Waals surface area (Å²) in [6.45, 7) is 5.39. The molecule has 1 aliphatic rings. The van der Waals surface area contributed by atoms with Gasteiger partial charge in [-0.25, -0.2) is 4.79 Å². The average molecular weight is 277 g/mol. The van der Waals surface area contributed by atoms with E-state index >= 15 is 0 Å². The molecule has 0 radical (unpaired) electrons. The molecule has 1 unspecified atom stereocenters. The number of nitrogens with zero attached hydrogens (tertiary/aromatic N) is 1. The third-order valence-corrected chi connectivity index (χ3v) is 3.06. The van der Waals surface area contributed by atoms with Crippen LogP contribution >= 0.6 is 0 Å².